The SMILES string of the molecule is Cc1nc(CC(NN)C(F)(F)Cl)cs1. The topological polar surface area (TPSA) is 50.9 Å². The number of aromatic nitrogens is 1. The van der Waals surface area contributed by atoms with Crippen LogP contribution in [0.25, 0.3) is 0 Å². The third-order valence-electron chi connectivity index (χ3n) is 1.68. The summed E-state index contributed by atoms with van der Waals surface area (Å²) in [5.41, 5.74) is 2.55. The van der Waals surface area contributed by atoms with E-state index in [1.807, 2.05) is 5.43 Å². The normalized spacial score (nSPS) is 14.4. The van der Waals surface area contributed by atoms with Gasteiger partial charge in [0.25, 0.3) is 0 Å². The Bertz CT molecular complexity index is 299. The molecule has 3 nitrogen and oxygen atoms in total. The Labute approximate surface area is 89.2 Å². The predicted octanol–water partition coefficient (Wildman–Crippen LogP) is 1.66. The first kappa shape index (κ1) is 11.8. The van der Waals surface area contributed by atoms with Crippen molar-refractivity contribution < 1.29 is 8.78 Å². The number of thiazole rings is 1. The first-order chi connectivity index (χ1) is 6.43. The molecule has 0 fully saturated rings. The first-order valence-corrected chi connectivity index (χ1v) is 5.13. The van der Waals surface area contributed by atoms with Gasteiger partial charge in [-0.15, -0.1) is 11.3 Å². The molecule has 0 aliphatic carbocycles. The molecule has 3 N–H and O–H groups in total. The summed E-state index contributed by atoms with van der Waals surface area (Å²) in [5.74, 6) is 4.97. The van der Waals surface area contributed by atoms with Gasteiger partial charge in [-0.25, -0.2) is 10.4 Å². The van der Waals surface area contributed by atoms with E-state index in [-0.39, 0.29) is 6.42 Å². The number of nitrogens with zero attached hydrogens (tertiary/aromatic N) is 1. The van der Waals surface area contributed by atoms with E-state index in [9.17, 15) is 8.78 Å². The second-order valence-electron chi connectivity index (χ2n) is 2.82. The molecule has 80 valence electrons. The van der Waals surface area contributed by atoms with Gasteiger partial charge in [0.2, 0.25) is 0 Å². The fourth-order valence-electron chi connectivity index (χ4n) is 0.980. The van der Waals surface area contributed by atoms with Crippen molar-refractivity contribution in [3.63, 3.8) is 0 Å². The van der Waals surface area contributed by atoms with Gasteiger partial charge in [-0.2, -0.15) is 8.78 Å². The summed E-state index contributed by atoms with van der Waals surface area (Å²) in [6, 6.07) is -1.30. The van der Waals surface area contributed by atoms with Crippen molar-refractivity contribution in [2.24, 2.45) is 5.84 Å². The molecule has 0 bridgehead atoms. The highest BCUT2D eigenvalue weighted by molar-refractivity contribution is 7.09. The van der Waals surface area contributed by atoms with Crippen LogP contribution >= 0.6 is 22.9 Å². The molecule has 1 aromatic rings. The third-order valence-corrected chi connectivity index (χ3v) is 2.76. The van der Waals surface area contributed by atoms with Crippen LogP contribution in [-0.2, 0) is 6.42 Å². The minimum absolute atomic E-state index is 0.0113. The van der Waals surface area contributed by atoms with Gasteiger partial charge < -0.3 is 0 Å². The van der Waals surface area contributed by atoms with Crippen molar-refractivity contribution >= 4 is 22.9 Å². The summed E-state index contributed by atoms with van der Waals surface area (Å²) in [4.78, 5) is 4.04. The maximum Gasteiger partial charge on any atom is 0.338 e. The standard InChI is InChI=1S/C7H10ClF2N3S/c1-4-12-5(3-14-4)2-6(13-11)7(8,9)10/h3,6,13H,2,11H2,1H3. The van der Waals surface area contributed by atoms with Crippen molar-refractivity contribution in [2.75, 3.05) is 0 Å². The molecule has 1 aromatic heterocycles. The van der Waals surface area contributed by atoms with E-state index < -0.39 is 11.4 Å². The second kappa shape index (κ2) is 4.48. The first-order valence-electron chi connectivity index (χ1n) is 3.87. The molecule has 7 heteroatoms. The van der Waals surface area contributed by atoms with Crippen LogP contribution in [0.4, 0.5) is 8.78 Å². The largest absolute Gasteiger partial charge is 0.338 e. The molecule has 0 aliphatic heterocycles. The van der Waals surface area contributed by atoms with Crippen LogP contribution in [0.1, 0.15) is 10.7 Å². The summed E-state index contributed by atoms with van der Waals surface area (Å²) in [7, 11) is 0. The van der Waals surface area contributed by atoms with E-state index in [2.05, 4.69) is 4.98 Å². The lowest BCUT2D eigenvalue weighted by atomic mass is 10.2. The van der Waals surface area contributed by atoms with Crippen LogP contribution in [0.15, 0.2) is 5.38 Å². The number of aryl methyl sites for hydroxylation is 1. The van der Waals surface area contributed by atoms with E-state index >= 15 is 0 Å². The van der Waals surface area contributed by atoms with Crippen LogP contribution < -0.4 is 11.3 Å². The van der Waals surface area contributed by atoms with Gasteiger partial charge in [-0.05, 0) is 18.5 Å². The molecule has 0 amide bonds. The zero-order valence-corrected chi connectivity index (χ0v) is 9.00. The molecule has 1 unspecified atom stereocenters. The fraction of sp³-hybridized carbons (Fsp3) is 0.571. The van der Waals surface area contributed by atoms with Gasteiger partial charge in [0.15, 0.2) is 0 Å². The van der Waals surface area contributed by atoms with E-state index in [1.54, 1.807) is 12.3 Å². The summed E-state index contributed by atoms with van der Waals surface area (Å²) in [5, 5.41) is -0.831. The minimum Gasteiger partial charge on any atom is -0.271 e. The summed E-state index contributed by atoms with van der Waals surface area (Å²) < 4.78 is 25.4. The Hall–Kier alpha value is -0.300. The molecule has 0 saturated carbocycles. The van der Waals surface area contributed by atoms with E-state index in [4.69, 9.17) is 17.4 Å². The Morgan fingerprint density at radius 1 is 1.79 bits per heavy atom. The number of nitrogens with two attached hydrogens (primary N) is 1. The van der Waals surface area contributed by atoms with Crippen LogP contribution in [0, 0.1) is 6.92 Å². The molecular weight excluding hydrogens is 232 g/mol. The molecule has 1 rings (SSSR count). The fourth-order valence-corrected chi connectivity index (χ4v) is 1.75. The van der Waals surface area contributed by atoms with E-state index in [0.717, 1.165) is 5.01 Å². The maximum atomic E-state index is 12.7. The maximum absolute atomic E-state index is 12.7. The van der Waals surface area contributed by atoms with E-state index in [0.29, 0.717) is 5.69 Å². The molecular formula is C7H10ClF2N3S. The number of alkyl halides is 3. The average Bonchev–Trinajstić information content (AvgIpc) is 2.45. The second-order valence-corrected chi connectivity index (χ2v) is 4.39. The quantitative estimate of drug-likeness (QED) is 0.479. The monoisotopic (exact) mass is 241 g/mol. The summed E-state index contributed by atoms with van der Waals surface area (Å²) in [6.07, 6.45) is 0.0113. The van der Waals surface area contributed by atoms with Crippen LogP contribution in [-0.4, -0.2) is 16.4 Å². The van der Waals surface area contributed by atoms with Gasteiger partial charge in [0.05, 0.1) is 10.7 Å². The molecule has 14 heavy (non-hydrogen) atoms. The average molecular weight is 242 g/mol. The van der Waals surface area contributed by atoms with Crippen molar-refractivity contribution in [1.29, 1.82) is 0 Å². The summed E-state index contributed by atoms with van der Waals surface area (Å²) >= 11 is 6.26. The van der Waals surface area contributed by atoms with Crippen molar-refractivity contribution in [2.45, 2.75) is 24.8 Å². The zero-order chi connectivity index (χ0) is 10.8. The van der Waals surface area contributed by atoms with Crippen LogP contribution in [0.3, 0.4) is 0 Å². The predicted molar refractivity (Wildman–Crippen MR) is 52.5 cm³/mol. The number of hydrazine groups is 1. The minimum atomic E-state index is -3.37. The smallest absolute Gasteiger partial charge is 0.271 e. The Morgan fingerprint density at radius 3 is 2.79 bits per heavy atom. The lowest BCUT2D eigenvalue weighted by Crippen LogP contribution is -2.47. The zero-order valence-electron chi connectivity index (χ0n) is 7.43. The summed E-state index contributed by atoms with van der Waals surface area (Å²) in [6.45, 7) is 1.80. The van der Waals surface area contributed by atoms with E-state index in [1.165, 1.54) is 11.3 Å². The Kier molecular flexibility index (Phi) is 3.77. The molecule has 0 spiro atoms. The van der Waals surface area contributed by atoms with Gasteiger partial charge in [0, 0.05) is 11.8 Å². The number of hydrogen-bond donors (Lipinski definition) is 2. The lowest BCUT2D eigenvalue weighted by Gasteiger charge is -2.19. The Balaban J connectivity index is 2.66. The molecule has 1 atom stereocenters. The van der Waals surface area contributed by atoms with Gasteiger partial charge in [-0.1, -0.05) is 0 Å². The van der Waals surface area contributed by atoms with Gasteiger partial charge in [-0.3, -0.25) is 5.84 Å². The lowest BCUT2D eigenvalue weighted by molar-refractivity contribution is 0.0499. The number of hydrogen-bond acceptors (Lipinski definition) is 4. The Morgan fingerprint density at radius 2 is 2.43 bits per heavy atom. The molecule has 0 saturated heterocycles. The van der Waals surface area contributed by atoms with Crippen molar-refractivity contribution in [3.05, 3.63) is 16.1 Å². The van der Waals surface area contributed by atoms with Crippen molar-refractivity contribution in [3.8, 4) is 0 Å². The van der Waals surface area contributed by atoms with Gasteiger partial charge >= 0.3 is 5.38 Å². The number of halogens is 3. The van der Waals surface area contributed by atoms with Crippen molar-refractivity contribution in [1.82, 2.24) is 10.4 Å². The highest BCUT2D eigenvalue weighted by Gasteiger charge is 2.36. The molecule has 0 aromatic carbocycles. The number of nitrogens with one attached hydrogen (secondary N) is 1. The highest BCUT2D eigenvalue weighted by Crippen LogP contribution is 2.25. The van der Waals surface area contributed by atoms with Gasteiger partial charge in [0.1, 0.15) is 6.04 Å². The molecule has 0 radical (unpaired) electrons. The highest BCUT2D eigenvalue weighted by atomic mass is 35.5. The molecule has 1 heterocycles. The third kappa shape index (κ3) is 3.13. The molecule has 0 aliphatic rings. The van der Waals surface area contributed by atoms with Crippen LogP contribution in [0.2, 0.25) is 0 Å². The van der Waals surface area contributed by atoms with Crippen LogP contribution in [0.5, 0.6) is 0 Å². The number of rotatable bonds is 4.